The Morgan fingerprint density at radius 2 is 2.03 bits per heavy atom. The van der Waals surface area contributed by atoms with E-state index < -0.39 is 53.0 Å². The van der Waals surface area contributed by atoms with Crippen LogP contribution in [0, 0.1) is 0 Å². The number of amides is 1. The molecule has 0 unspecified atom stereocenters. The number of aliphatic carboxylic acids is 1. The zero-order chi connectivity index (χ0) is 27.9. The van der Waals surface area contributed by atoms with E-state index in [2.05, 4.69) is 9.97 Å². The molecule has 11 nitrogen and oxygen atoms in total. The normalized spacial score (nSPS) is 16.8. The minimum absolute atomic E-state index is 0.0484. The number of fused-ring (bicyclic) bond motifs is 1. The molecular formula is C22H23F3N6O5S2. The maximum Gasteiger partial charge on any atom is 0.416 e. The SMILES string of the molecule is CN(C)c1ncc(N([C@H]2CCN([C@H](Cc3cc4ccnc(N)c4cc3C(F)(F)F)C(=O)O)C2=O)[SH](=O)=O)s1. The third-order valence-electron chi connectivity index (χ3n) is 6.17. The number of nitrogen functional groups attached to an aromatic ring is 1. The van der Waals surface area contributed by atoms with Crippen molar-refractivity contribution < 1.29 is 36.3 Å². The van der Waals surface area contributed by atoms with Crippen LogP contribution in [0.2, 0.25) is 0 Å². The number of hydrogen-bond acceptors (Lipinski definition) is 9. The van der Waals surface area contributed by atoms with Crippen molar-refractivity contribution in [3.05, 3.63) is 41.7 Å². The minimum Gasteiger partial charge on any atom is -0.480 e. The molecule has 0 bridgehead atoms. The van der Waals surface area contributed by atoms with Crippen LogP contribution < -0.4 is 14.9 Å². The molecule has 1 fully saturated rings. The highest BCUT2D eigenvalue weighted by molar-refractivity contribution is 7.74. The number of pyridine rings is 1. The number of rotatable bonds is 8. The Kier molecular flexibility index (Phi) is 7.38. The van der Waals surface area contributed by atoms with Crippen LogP contribution in [0.1, 0.15) is 17.5 Å². The first-order valence-corrected chi connectivity index (χ1v) is 13.1. The van der Waals surface area contributed by atoms with Gasteiger partial charge in [0.1, 0.15) is 22.9 Å². The third-order valence-corrected chi connectivity index (χ3v) is 8.32. The van der Waals surface area contributed by atoms with Crippen LogP contribution in [0.3, 0.4) is 0 Å². The Labute approximate surface area is 220 Å². The summed E-state index contributed by atoms with van der Waals surface area (Å²) < 4.78 is 66.9. The number of carbonyl (C=O) groups is 2. The Morgan fingerprint density at radius 1 is 1.32 bits per heavy atom. The number of carbonyl (C=O) groups excluding carboxylic acids is 1. The summed E-state index contributed by atoms with van der Waals surface area (Å²) in [4.78, 5) is 36.0. The summed E-state index contributed by atoms with van der Waals surface area (Å²) >= 11 is 1.02. The number of nitrogens with two attached hydrogens (primary N) is 1. The van der Waals surface area contributed by atoms with Gasteiger partial charge in [-0.15, -0.1) is 0 Å². The molecule has 1 amide bonds. The van der Waals surface area contributed by atoms with Crippen molar-refractivity contribution in [2.75, 3.05) is 35.6 Å². The van der Waals surface area contributed by atoms with Crippen molar-refractivity contribution in [1.29, 1.82) is 0 Å². The van der Waals surface area contributed by atoms with E-state index >= 15 is 0 Å². The summed E-state index contributed by atoms with van der Waals surface area (Å²) in [7, 11) is 0.105. The van der Waals surface area contributed by atoms with Crippen LogP contribution in [0.5, 0.6) is 0 Å². The van der Waals surface area contributed by atoms with Gasteiger partial charge in [0, 0.05) is 38.6 Å². The number of hydrogen-bond donors (Lipinski definition) is 3. The number of alkyl halides is 3. The monoisotopic (exact) mass is 572 g/mol. The molecule has 3 N–H and O–H groups in total. The smallest absolute Gasteiger partial charge is 0.416 e. The van der Waals surface area contributed by atoms with E-state index in [1.165, 1.54) is 24.5 Å². The minimum atomic E-state index is -4.83. The molecule has 0 saturated carbocycles. The highest BCUT2D eigenvalue weighted by Crippen LogP contribution is 2.38. The summed E-state index contributed by atoms with van der Waals surface area (Å²) in [5.74, 6) is -2.45. The Balaban J connectivity index is 1.68. The van der Waals surface area contributed by atoms with Gasteiger partial charge < -0.3 is 20.6 Å². The molecule has 0 aliphatic carbocycles. The molecule has 0 spiro atoms. The second-order valence-electron chi connectivity index (χ2n) is 8.78. The van der Waals surface area contributed by atoms with Gasteiger partial charge in [0.2, 0.25) is 16.8 Å². The number of thiazole rings is 1. The van der Waals surface area contributed by atoms with E-state index in [9.17, 15) is 36.3 Å². The molecule has 1 aliphatic rings. The first-order chi connectivity index (χ1) is 17.8. The van der Waals surface area contributed by atoms with E-state index in [4.69, 9.17) is 5.73 Å². The third kappa shape index (κ3) is 5.18. The zero-order valence-electron chi connectivity index (χ0n) is 20.0. The molecule has 2 atom stereocenters. The number of aromatic nitrogens is 2. The Hall–Kier alpha value is -3.66. The molecule has 1 aromatic carbocycles. The fourth-order valence-corrected chi connectivity index (χ4v) is 6.18. The lowest BCUT2D eigenvalue weighted by molar-refractivity contribution is -0.149. The predicted molar refractivity (Wildman–Crippen MR) is 136 cm³/mol. The first-order valence-electron chi connectivity index (χ1n) is 11.1. The number of thiol groups is 1. The molecule has 1 aliphatic heterocycles. The largest absolute Gasteiger partial charge is 0.480 e. The molecule has 3 aromatic rings. The summed E-state index contributed by atoms with van der Waals surface area (Å²) in [5, 5.41) is 11.0. The number of nitrogens with zero attached hydrogens (tertiary/aromatic N) is 5. The van der Waals surface area contributed by atoms with E-state index in [0.29, 0.717) is 10.5 Å². The van der Waals surface area contributed by atoms with Crippen molar-refractivity contribution in [3.63, 3.8) is 0 Å². The number of benzene rings is 1. The predicted octanol–water partition coefficient (Wildman–Crippen LogP) is 1.99. The second kappa shape index (κ2) is 10.2. The Morgan fingerprint density at radius 3 is 2.61 bits per heavy atom. The summed E-state index contributed by atoms with van der Waals surface area (Å²) in [6, 6.07) is 0.525. The van der Waals surface area contributed by atoms with Gasteiger partial charge in [-0.3, -0.25) is 4.79 Å². The van der Waals surface area contributed by atoms with Crippen molar-refractivity contribution in [3.8, 4) is 0 Å². The standard InChI is InChI=1S/C22H23F3N6O5S2/c1-29(2)21-28-10-17(37-21)31(38(35)36)15-4-6-30(19(15)32)16(20(33)34)8-12-7-11-3-5-27-18(26)13(11)9-14(12)22(23,24)25/h3,5,7,9-10,15-16,38H,4,6,8H2,1-2H3,(H2,26,27)(H,33,34)/t15-,16+/m0/s1. The van der Waals surface area contributed by atoms with Crippen molar-refractivity contribution in [1.82, 2.24) is 14.9 Å². The lowest BCUT2D eigenvalue weighted by Gasteiger charge is -2.27. The molecular weight excluding hydrogens is 549 g/mol. The van der Waals surface area contributed by atoms with Crippen LogP contribution in [-0.4, -0.2) is 73.0 Å². The van der Waals surface area contributed by atoms with E-state index in [0.717, 1.165) is 26.6 Å². The van der Waals surface area contributed by atoms with Crippen LogP contribution in [-0.2, 0) is 33.1 Å². The lowest BCUT2D eigenvalue weighted by atomic mass is 9.95. The number of carboxylic acids is 1. The molecule has 2 aromatic heterocycles. The van der Waals surface area contributed by atoms with Crippen molar-refractivity contribution in [2.24, 2.45) is 0 Å². The van der Waals surface area contributed by atoms with Crippen LogP contribution in [0.15, 0.2) is 30.6 Å². The molecule has 16 heteroatoms. The second-order valence-corrected chi connectivity index (χ2v) is 10.7. The van der Waals surface area contributed by atoms with Crippen LogP contribution in [0.4, 0.5) is 29.1 Å². The lowest BCUT2D eigenvalue weighted by Crippen LogP contribution is -2.48. The molecule has 0 radical (unpaired) electrons. The maximum absolute atomic E-state index is 13.9. The van der Waals surface area contributed by atoms with Crippen molar-refractivity contribution in [2.45, 2.75) is 31.1 Å². The summed E-state index contributed by atoms with van der Waals surface area (Å²) in [5.41, 5.74) is 4.30. The first kappa shape index (κ1) is 27.4. The maximum atomic E-state index is 13.9. The van der Waals surface area contributed by atoms with Gasteiger partial charge in [0.15, 0.2) is 5.13 Å². The highest BCUT2D eigenvalue weighted by Gasteiger charge is 2.44. The molecule has 204 valence electrons. The van der Waals surface area contributed by atoms with E-state index in [1.54, 1.807) is 19.0 Å². The van der Waals surface area contributed by atoms with Gasteiger partial charge >= 0.3 is 12.1 Å². The van der Waals surface area contributed by atoms with Gasteiger partial charge in [-0.2, -0.15) is 13.2 Å². The number of carboxylic acid groups (broad SMARTS) is 1. The number of likely N-dealkylation sites (tertiary alicyclic amines) is 1. The average Bonchev–Trinajstić information content (AvgIpc) is 3.44. The number of anilines is 3. The fourth-order valence-electron chi connectivity index (χ4n) is 4.40. The van der Waals surface area contributed by atoms with Gasteiger partial charge in [-0.25, -0.2) is 27.5 Å². The zero-order valence-corrected chi connectivity index (χ0v) is 21.8. The van der Waals surface area contributed by atoms with E-state index in [1.807, 2.05) is 0 Å². The summed E-state index contributed by atoms with van der Waals surface area (Å²) in [6.07, 6.45) is -2.93. The number of halogens is 3. The Bertz CT molecular complexity index is 1470. The van der Waals surface area contributed by atoms with Crippen LogP contribution in [0.25, 0.3) is 10.8 Å². The van der Waals surface area contributed by atoms with Crippen LogP contribution >= 0.6 is 11.3 Å². The summed E-state index contributed by atoms with van der Waals surface area (Å²) in [6.45, 7) is -0.161. The van der Waals surface area contributed by atoms with Gasteiger partial charge in [0.05, 0.1) is 11.8 Å². The fraction of sp³-hybridized carbons (Fsp3) is 0.364. The highest BCUT2D eigenvalue weighted by atomic mass is 32.2. The van der Waals surface area contributed by atoms with Gasteiger partial charge in [0.25, 0.3) is 0 Å². The van der Waals surface area contributed by atoms with Gasteiger partial charge in [-0.1, -0.05) is 17.4 Å². The molecule has 4 rings (SSSR count). The van der Waals surface area contributed by atoms with Gasteiger partial charge in [-0.05, 0) is 29.5 Å². The molecule has 1 saturated heterocycles. The average molecular weight is 573 g/mol. The molecule has 3 heterocycles. The topological polar surface area (TPSA) is 150 Å². The molecule has 38 heavy (non-hydrogen) atoms. The van der Waals surface area contributed by atoms with Crippen molar-refractivity contribution >= 4 is 60.8 Å². The quantitative estimate of drug-likeness (QED) is 0.345. The van der Waals surface area contributed by atoms with E-state index in [-0.39, 0.29) is 34.7 Å².